The van der Waals surface area contributed by atoms with E-state index in [4.69, 9.17) is 5.26 Å². The molecule has 0 aliphatic carbocycles. The van der Waals surface area contributed by atoms with Gasteiger partial charge < -0.3 is 0 Å². The number of allylic oxidation sites excluding steroid dienone is 2. The lowest BCUT2D eigenvalue weighted by Crippen LogP contribution is -1.92. The van der Waals surface area contributed by atoms with Crippen molar-refractivity contribution in [3.05, 3.63) is 47.0 Å². The Balaban J connectivity index is 2.70. The van der Waals surface area contributed by atoms with Crippen molar-refractivity contribution < 1.29 is 0 Å². The molecule has 0 bridgehead atoms. The van der Waals surface area contributed by atoms with Crippen molar-refractivity contribution in [2.75, 3.05) is 10.7 Å². The van der Waals surface area contributed by atoms with Gasteiger partial charge in [0.05, 0.1) is 17.8 Å². The SMILES string of the molecule is N#CCc1ccc(C/C(=C\C#CCBr)CBr)cc1. The number of nitrogens with zero attached hydrogens (tertiary/aromatic N) is 1. The molecule has 0 unspecified atom stereocenters. The van der Waals surface area contributed by atoms with Crippen molar-refractivity contribution in [3.63, 3.8) is 0 Å². The summed E-state index contributed by atoms with van der Waals surface area (Å²) < 4.78 is 0. The van der Waals surface area contributed by atoms with Crippen LogP contribution >= 0.6 is 31.9 Å². The van der Waals surface area contributed by atoms with Gasteiger partial charge in [0.1, 0.15) is 0 Å². The number of halogens is 2. The van der Waals surface area contributed by atoms with Gasteiger partial charge in [0, 0.05) is 5.33 Å². The lowest BCUT2D eigenvalue weighted by atomic mass is 10.0. The van der Waals surface area contributed by atoms with E-state index in [1.165, 1.54) is 11.1 Å². The maximum absolute atomic E-state index is 8.61. The molecule has 92 valence electrons. The first-order valence-corrected chi connectivity index (χ1v) is 7.77. The van der Waals surface area contributed by atoms with E-state index in [0.717, 1.165) is 17.3 Å². The molecule has 18 heavy (non-hydrogen) atoms. The van der Waals surface area contributed by atoms with Gasteiger partial charge in [-0.3, -0.25) is 0 Å². The molecular formula is C15H13Br2N. The van der Waals surface area contributed by atoms with Gasteiger partial charge in [0.15, 0.2) is 0 Å². The first-order chi connectivity index (χ1) is 8.80. The van der Waals surface area contributed by atoms with Crippen molar-refractivity contribution in [2.24, 2.45) is 0 Å². The van der Waals surface area contributed by atoms with Crippen LogP contribution in [0.25, 0.3) is 0 Å². The lowest BCUT2D eigenvalue weighted by molar-refractivity contribution is 1.15. The molecule has 0 saturated carbocycles. The number of alkyl halides is 2. The van der Waals surface area contributed by atoms with Crippen LogP contribution in [0.4, 0.5) is 0 Å². The number of hydrogen-bond donors (Lipinski definition) is 0. The molecule has 0 aliphatic heterocycles. The molecule has 0 saturated heterocycles. The summed E-state index contributed by atoms with van der Waals surface area (Å²) >= 11 is 6.74. The van der Waals surface area contributed by atoms with E-state index in [2.05, 4.69) is 61.9 Å². The van der Waals surface area contributed by atoms with Gasteiger partial charge in [-0.05, 0) is 29.2 Å². The number of benzene rings is 1. The largest absolute Gasteiger partial charge is 0.198 e. The lowest BCUT2D eigenvalue weighted by Gasteiger charge is -2.03. The molecule has 1 rings (SSSR count). The average molecular weight is 367 g/mol. The Morgan fingerprint density at radius 3 is 2.39 bits per heavy atom. The summed E-state index contributed by atoms with van der Waals surface area (Å²) in [6.45, 7) is 0. The van der Waals surface area contributed by atoms with Crippen LogP contribution in [-0.4, -0.2) is 10.7 Å². The van der Waals surface area contributed by atoms with E-state index in [1.807, 2.05) is 18.2 Å². The molecule has 0 aliphatic rings. The van der Waals surface area contributed by atoms with Crippen LogP contribution in [0, 0.1) is 23.2 Å². The number of nitriles is 1. The van der Waals surface area contributed by atoms with E-state index in [1.54, 1.807) is 0 Å². The Hall–Kier alpha value is -1.03. The minimum Gasteiger partial charge on any atom is -0.198 e. The summed E-state index contributed by atoms with van der Waals surface area (Å²) in [5.41, 5.74) is 3.55. The maximum Gasteiger partial charge on any atom is 0.0669 e. The predicted molar refractivity (Wildman–Crippen MR) is 82.9 cm³/mol. The van der Waals surface area contributed by atoms with Crippen LogP contribution in [0.3, 0.4) is 0 Å². The third kappa shape index (κ3) is 5.54. The first-order valence-electron chi connectivity index (χ1n) is 5.53. The molecule has 0 spiro atoms. The molecule has 1 aromatic carbocycles. The number of hydrogen-bond acceptors (Lipinski definition) is 1. The molecule has 3 heteroatoms. The van der Waals surface area contributed by atoms with Crippen LogP contribution < -0.4 is 0 Å². The summed E-state index contributed by atoms with van der Waals surface area (Å²) in [5.74, 6) is 5.96. The molecule has 0 heterocycles. The van der Waals surface area contributed by atoms with Gasteiger partial charge in [-0.1, -0.05) is 68.0 Å². The third-order valence-corrected chi connectivity index (χ3v) is 3.35. The van der Waals surface area contributed by atoms with Crippen molar-refractivity contribution >= 4 is 31.9 Å². The molecule has 0 aromatic heterocycles. The zero-order valence-electron chi connectivity index (χ0n) is 9.92. The smallest absolute Gasteiger partial charge is 0.0669 e. The van der Waals surface area contributed by atoms with Crippen molar-refractivity contribution in [3.8, 4) is 17.9 Å². The highest BCUT2D eigenvalue weighted by molar-refractivity contribution is 9.09. The minimum absolute atomic E-state index is 0.470. The quantitative estimate of drug-likeness (QED) is 0.583. The summed E-state index contributed by atoms with van der Waals surface area (Å²) in [4.78, 5) is 0. The van der Waals surface area contributed by atoms with Crippen LogP contribution in [0.1, 0.15) is 11.1 Å². The molecular weight excluding hydrogens is 354 g/mol. The summed E-state index contributed by atoms with van der Waals surface area (Å²) in [7, 11) is 0. The highest BCUT2D eigenvalue weighted by Gasteiger charge is 1.98. The van der Waals surface area contributed by atoms with Crippen molar-refractivity contribution in [1.29, 1.82) is 5.26 Å². The standard InChI is InChI=1S/C15H13Br2N/c16-9-2-1-3-15(12-17)11-14-6-4-13(5-7-14)8-10-18/h3-7H,8-9,11-12H2/b15-3+. The predicted octanol–water partition coefficient (Wildman–Crippen LogP) is 4.01. The Morgan fingerprint density at radius 2 is 1.83 bits per heavy atom. The van der Waals surface area contributed by atoms with E-state index in [-0.39, 0.29) is 0 Å². The fraction of sp³-hybridized carbons (Fsp3) is 0.267. The van der Waals surface area contributed by atoms with E-state index in [0.29, 0.717) is 11.8 Å². The average Bonchev–Trinajstić information content (AvgIpc) is 2.40. The molecule has 1 nitrogen and oxygen atoms in total. The molecule has 0 amide bonds. The summed E-state index contributed by atoms with van der Waals surface area (Å²) in [6, 6.07) is 10.3. The normalized spacial score (nSPS) is 10.4. The van der Waals surface area contributed by atoms with E-state index >= 15 is 0 Å². The summed E-state index contributed by atoms with van der Waals surface area (Å²) in [5, 5.41) is 10.1. The topological polar surface area (TPSA) is 23.8 Å². The minimum atomic E-state index is 0.470. The Kier molecular flexibility index (Phi) is 7.49. The highest BCUT2D eigenvalue weighted by atomic mass is 79.9. The molecule has 0 N–H and O–H groups in total. The Bertz CT molecular complexity index is 498. The van der Waals surface area contributed by atoms with Gasteiger partial charge >= 0.3 is 0 Å². The second-order valence-corrected chi connectivity index (χ2v) is 4.84. The summed E-state index contributed by atoms with van der Waals surface area (Å²) in [6.07, 6.45) is 3.31. The van der Waals surface area contributed by atoms with Gasteiger partial charge in [-0.2, -0.15) is 5.26 Å². The van der Waals surface area contributed by atoms with Crippen LogP contribution in [0.2, 0.25) is 0 Å². The van der Waals surface area contributed by atoms with Gasteiger partial charge in [0.2, 0.25) is 0 Å². The van der Waals surface area contributed by atoms with Crippen LogP contribution in [0.15, 0.2) is 35.9 Å². The van der Waals surface area contributed by atoms with E-state index < -0.39 is 0 Å². The Labute approximate surface area is 125 Å². The third-order valence-electron chi connectivity index (χ3n) is 2.35. The fourth-order valence-electron chi connectivity index (χ4n) is 1.46. The first kappa shape index (κ1) is 15.0. The zero-order chi connectivity index (χ0) is 13.2. The Morgan fingerprint density at radius 1 is 1.17 bits per heavy atom. The van der Waals surface area contributed by atoms with E-state index in [9.17, 15) is 0 Å². The van der Waals surface area contributed by atoms with Crippen LogP contribution in [-0.2, 0) is 12.8 Å². The second-order valence-electron chi connectivity index (χ2n) is 3.72. The van der Waals surface area contributed by atoms with Gasteiger partial charge in [0.25, 0.3) is 0 Å². The monoisotopic (exact) mass is 365 g/mol. The molecule has 1 aromatic rings. The van der Waals surface area contributed by atoms with Gasteiger partial charge in [-0.15, -0.1) is 0 Å². The van der Waals surface area contributed by atoms with Gasteiger partial charge in [-0.25, -0.2) is 0 Å². The molecule has 0 radical (unpaired) electrons. The number of rotatable bonds is 4. The highest BCUT2D eigenvalue weighted by Crippen LogP contribution is 2.12. The van der Waals surface area contributed by atoms with Crippen LogP contribution in [0.5, 0.6) is 0 Å². The second kappa shape index (κ2) is 8.97. The van der Waals surface area contributed by atoms with Crippen molar-refractivity contribution in [1.82, 2.24) is 0 Å². The fourth-order valence-corrected chi connectivity index (χ4v) is 1.98. The zero-order valence-corrected chi connectivity index (χ0v) is 13.1. The molecule has 0 atom stereocenters. The molecule has 0 fully saturated rings. The maximum atomic E-state index is 8.61. The van der Waals surface area contributed by atoms with Crippen molar-refractivity contribution in [2.45, 2.75) is 12.8 Å².